The van der Waals surface area contributed by atoms with Crippen LogP contribution in [0.1, 0.15) is 0 Å². The van der Waals surface area contributed by atoms with Crippen LogP contribution in [0, 0.1) is 0 Å². The van der Waals surface area contributed by atoms with Gasteiger partial charge in [-0.1, -0.05) is 12.1 Å². The highest BCUT2D eigenvalue weighted by Gasteiger charge is 2.07. The Labute approximate surface area is 115 Å². The number of benzene rings is 1. The lowest BCUT2D eigenvalue weighted by molar-refractivity contribution is 0.301. The Morgan fingerprint density at radius 2 is 1.95 bits per heavy atom. The van der Waals surface area contributed by atoms with E-state index in [2.05, 4.69) is 15.0 Å². The minimum Gasteiger partial charge on any atom is -0.490 e. The van der Waals surface area contributed by atoms with E-state index in [9.17, 15) is 0 Å². The molecule has 0 atom stereocenters. The van der Waals surface area contributed by atoms with E-state index in [1.165, 1.54) is 6.33 Å². The summed E-state index contributed by atoms with van der Waals surface area (Å²) in [5.74, 6) is 1.05. The molecule has 7 nitrogen and oxygen atoms in total. The van der Waals surface area contributed by atoms with E-state index in [0.29, 0.717) is 41.6 Å². The monoisotopic (exact) mass is 270 g/mol. The Hall–Kier alpha value is -2.83. The average Bonchev–Trinajstić information content (AvgIpc) is 2.86. The third-order valence-electron chi connectivity index (χ3n) is 2.94. The van der Waals surface area contributed by atoms with Crippen molar-refractivity contribution in [3.05, 3.63) is 36.9 Å². The fourth-order valence-electron chi connectivity index (χ4n) is 1.93. The molecule has 0 aliphatic rings. The highest BCUT2D eigenvalue weighted by Crippen LogP contribution is 2.20. The molecule has 2 heterocycles. The highest BCUT2D eigenvalue weighted by atomic mass is 16.5. The first-order valence-corrected chi connectivity index (χ1v) is 6.14. The second-order valence-electron chi connectivity index (χ2n) is 4.26. The second-order valence-corrected chi connectivity index (χ2v) is 4.26. The highest BCUT2D eigenvalue weighted by molar-refractivity contribution is 5.81. The molecule has 0 spiro atoms. The molecule has 1 aromatic carbocycles. The zero-order valence-corrected chi connectivity index (χ0v) is 10.7. The van der Waals surface area contributed by atoms with Gasteiger partial charge < -0.3 is 20.8 Å². The van der Waals surface area contributed by atoms with Gasteiger partial charge >= 0.3 is 0 Å². The summed E-state index contributed by atoms with van der Waals surface area (Å²) in [6.07, 6.45) is 3.10. The summed E-state index contributed by atoms with van der Waals surface area (Å²) in [6.45, 7) is 1.06. The molecular weight excluding hydrogens is 256 g/mol. The van der Waals surface area contributed by atoms with Gasteiger partial charge in [-0.25, -0.2) is 15.0 Å². The largest absolute Gasteiger partial charge is 0.490 e. The molecule has 0 aliphatic heterocycles. The Kier molecular flexibility index (Phi) is 3.08. The molecule has 0 fully saturated rings. The van der Waals surface area contributed by atoms with Crippen molar-refractivity contribution in [1.82, 2.24) is 19.5 Å². The Morgan fingerprint density at radius 1 is 1.10 bits per heavy atom. The molecule has 0 radical (unpaired) electrons. The minimum atomic E-state index is 0.377. The van der Waals surface area contributed by atoms with Crippen molar-refractivity contribution >= 4 is 22.7 Å². The molecule has 0 aliphatic carbocycles. The lowest BCUT2D eigenvalue weighted by atomic mass is 10.3. The lowest BCUT2D eigenvalue weighted by Gasteiger charge is -2.09. The van der Waals surface area contributed by atoms with Gasteiger partial charge in [0, 0.05) is 0 Å². The van der Waals surface area contributed by atoms with Gasteiger partial charge in [-0.2, -0.15) is 0 Å². The molecule has 7 heteroatoms. The summed E-state index contributed by atoms with van der Waals surface area (Å²) in [7, 11) is 0. The van der Waals surface area contributed by atoms with Crippen molar-refractivity contribution in [3.63, 3.8) is 0 Å². The van der Waals surface area contributed by atoms with Crippen molar-refractivity contribution in [2.75, 3.05) is 18.1 Å². The van der Waals surface area contributed by atoms with Crippen LogP contribution in [0.25, 0.3) is 11.2 Å². The zero-order valence-electron chi connectivity index (χ0n) is 10.7. The zero-order chi connectivity index (χ0) is 13.9. The van der Waals surface area contributed by atoms with E-state index in [0.717, 1.165) is 0 Å². The van der Waals surface area contributed by atoms with Crippen LogP contribution in [-0.4, -0.2) is 26.1 Å². The summed E-state index contributed by atoms with van der Waals surface area (Å²) in [5, 5.41) is 0. The van der Waals surface area contributed by atoms with Gasteiger partial charge in [-0.3, -0.25) is 0 Å². The van der Waals surface area contributed by atoms with Gasteiger partial charge in [0.2, 0.25) is 0 Å². The molecule has 3 rings (SSSR count). The summed E-state index contributed by atoms with van der Waals surface area (Å²) in [5.41, 5.74) is 13.5. The Balaban J connectivity index is 1.72. The van der Waals surface area contributed by atoms with Gasteiger partial charge in [0.05, 0.1) is 18.6 Å². The normalized spacial score (nSPS) is 10.8. The number of anilines is 2. The van der Waals surface area contributed by atoms with E-state index in [-0.39, 0.29) is 0 Å². The first-order chi connectivity index (χ1) is 9.75. The van der Waals surface area contributed by atoms with Crippen LogP contribution in [0.15, 0.2) is 36.9 Å². The second kappa shape index (κ2) is 5.04. The first kappa shape index (κ1) is 12.2. The number of fused-ring (bicyclic) bond motifs is 1. The SMILES string of the molecule is Nc1ccccc1OCCn1cnc2c(N)ncnc21. The van der Waals surface area contributed by atoms with Gasteiger partial charge in [-0.05, 0) is 12.1 Å². The van der Waals surface area contributed by atoms with Crippen molar-refractivity contribution in [2.24, 2.45) is 0 Å². The molecule has 20 heavy (non-hydrogen) atoms. The summed E-state index contributed by atoms with van der Waals surface area (Å²) in [6, 6.07) is 7.38. The maximum atomic E-state index is 5.81. The third-order valence-corrected chi connectivity index (χ3v) is 2.94. The van der Waals surface area contributed by atoms with Crippen LogP contribution in [0.3, 0.4) is 0 Å². The van der Waals surface area contributed by atoms with Gasteiger partial charge in [0.15, 0.2) is 11.5 Å². The third kappa shape index (κ3) is 2.20. The number of imidazole rings is 1. The molecule has 0 amide bonds. The van der Waals surface area contributed by atoms with Crippen molar-refractivity contribution in [3.8, 4) is 5.75 Å². The fraction of sp³-hybridized carbons (Fsp3) is 0.154. The van der Waals surface area contributed by atoms with Crippen LogP contribution >= 0.6 is 0 Å². The molecule has 4 N–H and O–H groups in total. The number of para-hydroxylation sites is 2. The minimum absolute atomic E-state index is 0.377. The smallest absolute Gasteiger partial charge is 0.165 e. The number of nitrogen functional groups attached to an aromatic ring is 2. The number of ether oxygens (including phenoxy) is 1. The number of hydrogen-bond acceptors (Lipinski definition) is 6. The molecule has 0 unspecified atom stereocenters. The maximum absolute atomic E-state index is 5.81. The maximum Gasteiger partial charge on any atom is 0.165 e. The van der Waals surface area contributed by atoms with Crippen molar-refractivity contribution < 1.29 is 4.74 Å². The van der Waals surface area contributed by atoms with E-state index in [1.807, 2.05) is 22.8 Å². The molecule has 2 aromatic heterocycles. The molecule has 3 aromatic rings. The number of hydrogen-bond donors (Lipinski definition) is 2. The van der Waals surface area contributed by atoms with Crippen molar-refractivity contribution in [2.45, 2.75) is 6.54 Å². The molecule has 0 saturated carbocycles. The van der Waals surface area contributed by atoms with Crippen LogP contribution < -0.4 is 16.2 Å². The van der Waals surface area contributed by atoms with Crippen molar-refractivity contribution in [1.29, 1.82) is 0 Å². The molecule has 0 saturated heterocycles. The van der Waals surface area contributed by atoms with E-state index < -0.39 is 0 Å². The van der Waals surface area contributed by atoms with Crippen LogP contribution in [0.2, 0.25) is 0 Å². The lowest BCUT2D eigenvalue weighted by Crippen LogP contribution is -2.09. The summed E-state index contributed by atoms with van der Waals surface area (Å²) >= 11 is 0. The molecule has 0 bridgehead atoms. The Bertz CT molecular complexity index is 739. The fourth-order valence-corrected chi connectivity index (χ4v) is 1.93. The molecular formula is C13H14N6O. The van der Waals surface area contributed by atoms with E-state index >= 15 is 0 Å². The number of aromatic nitrogens is 4. The predicted octanol–water partition coefficient (Wildman–Crippen LogP) is 1.07. The molecule has 102 valence electrons. The Morgan fingerprint density at radius 3 is 2.80 bits per heavy atom. The summed E-state index contributed by atoms with van der Waals surface area (Å²) < 4.78 is 7.51. The standard InChI is InChI=1S/C13H14N6O/c14-9-3-1-2-4-10(9)20-6-5-19-8-18-11-12(15)16-7-17-13(11)19/h1-4,7-8H,5-6,14H2,(H2,15,16,17). The quantitative estimate of drug-likeness (QED) is 0.687. The average molecular weight is 270 g/mol. The predicted molar refractivity (Wildman–Crippen MR) is 76.1 cm³/mol. The van der Waals surface area contributed by atoms with Crippen LogP contribution in [0.5, 0.6) is 5.75 Å². The van der Waals surface area contributed by atoms with Gasteiger partial charge in [0.25, 0.3) is 0 Å². The number of nitrogens with zero attached hydrogens (tertiary/aromatic N) is 4. The van der Waals surface area contributed by atoms with Crippen LogP contribution in [0.4, 0.5) is 11.5 Å². The van der Waals surface area contributed by atoms with Gasteiger partial charge in [0.1, 0.15) is 24.2 Å². The topological polar surface area (TPSA) is 105 Å². The van der Waals surface area contributed by atoms with Crippen LogP contribution in [-0.2, 0) is 6.54 Å². The number of nitrogens with two attached hydrogens (primary N) is 2. The van der Waals surface area contributed by atoms with Gasteiger partial charge in [-0.15, -0.1) is 0 Å². The summed E-state index contributed by atoms with van der Waals surface area (Å²) in [4.78, 5) is 12.3. The first-order valence-electron chi connectivity index (χ1n) is 6.14. The number of rotatable bonds is 4. The van der Waals surface area contributed by atoms with E-state index in [1.54, 1.807) is 12.4 Å². The van der Waals surface area contributed by atoms with E-state index in [4.69, 9.17) is 16.2 Å².